The van der Waals surface area contributed by atoms with Gasteiger partial charge in [-0.1, -0.05) is 330 Å². The number of phosphoric ester groups is 2. The van der Waals surface area contributed by atoms with Crippen LogP contribution in [0.25, 0.3) is 0 Å². The summed E-state index contributed by atoms with van der Waals surface area (Å²) < 4.78 is 68.0. The van der Waals surface area contributed by atoms with Gasteiger partial charge in [-0.05, 0) is 31.6 Å². The second-order valence-corrected chi connectivity index (χ2v) is 29.5. The quantitative estimate of drug-likeness (QED) is 0.0222. The third kappa shape index (κ3) is 65.4. The summed E-state index contributed by atoms with van der Waals surface area (Å²) in [5.74, 6) is -1.29. The highest BCUT2D eigenvalue weighted by Gasteiger charge is 2.30. The molecule has 19 heteroatoms. The first-order valence-electron chi connectivity index (χ1n) is 38.2. The van der Waals surface area contributed by atoms with Crippen LogP contribution in [0.2, 0.25) is 0 Å². The fraction of sp³-hybridized carbons (Fsp3) is 0.945. The Morgan fingerprint density at radius 1 is 0.304 bits per heavy atom. The highest BCUT2D eigenvalue weighted by Crippen LogP contribution is 2.45. The number of aliphatic hydroxyl groups excluding tert-OH is 1. The minimum Gasteiger partial charge on any atom is -0.462 e. The van der Waals surface area contributed by atoms with Crippen molar-refractivity contribution in [3.63, 3.8) is 0 Å². The summed E-state index contributed by atoms with van der Waals surface area (Å²) in [6, 6.07) is 0. The molecule has 0 aliphatic rings. The molecule has 0 heterocycles. The molecule has 92 heavy (non-hydrogen) atoms. The summed E-state index contributed by atoms with van der Waals surface area (Å²) in [6.07, 6.45) is 54.9. The zero-order valence-electron chi connectivity index (χ0n) is 59.7. The number of phosphoric acid groups is 2. The Hall–Kier alpha value is -1.94. The fourth-order valence-electron chi connectivity index (χ4n) is 11.1. The Morgan fingerprint density at radius 2 is 0.522 bits per heavy atom. The second kappa shape index (κ2) is 66.3. The molecule has 0 radical (unpaired) electrons. The van der Waals surface area contributed by atoms with Gasteiger partial charge in [0.1, 0.15) is 19.3 Å². The van der Waals surface area contributed by atoms with Crippen molar-refractivity contribution in [2.45, 2.75) is 400 Å². The number of hydrogen-bond donors (Lipinski definition) is 3. The van der Waals surface area contributed by atoms with E-state index in [1.165, 1.54) is 186 Å². The van der Waals surface area contributed by atoms with Crippen molar-refractivity contribution in [3.8, 4) is 0 Å². The third-order valence-electron chi connectivity index (χ3n) is 17.4. The van der Waals surface area contributed by atoms with Gasteiger partial charge in [0.2, 0.25) is 0 Å². The van der Waals surface area contributed by atoms with Gasteiger partial charge in [0.15, 0.2) is 12.2 Å². The van der Waals surface area contributed by atoms with Gasteiger partial charge in [-0.15, -0.1) is 0 Å². The highest BCUT2D eigenvalue weighted by atomic mass is 31.2. The zero-order chi connectivity index (χ0) is 67.7. The number of ether oxygens (including phenoxy) is 4. The minimum absolute atomic E-state index is 0.103. The number of carbonyl (C=O) groups is 4. The number of unbranched alkanes of at least 4 members (excludes halogenated alkanes) is 44. The molecule has 6 atom stereocenters. The molecule has 0 aliphatic carbocycles. The Kier molecular flexibility index (Phi) is 64.9. The monoisotopic (exact) mass is 1350 g/mol. The average molecular weight is 1350 g/mol. The molecule has 0 aliphatic heterocycles. The maximum atomic E-state index is 13.1. The number of aliphatic hydroxyl groups is 1. The smallest absolute Gasteiger partial charge is 0.462 e. The van der Waals surface area contributed by atoms with Crippen LogP contribution in [0.15, 0.2) is 0 Å². The molecule has 0 rings (SSSR count). The molecule has 0 amide bonds. The summed E-state index contributed by atoms with van der Waals surface area (Å²) in [4.78, 5) is 72.2. The Labute approximate surface area is 562 Å². The summed E-state index contributed by atoms with van der Waals surface area (Å²) in [7, 11) is -9.89. The Bertz CT molecular complexity index is 1770. The van der Waals surface area contributed by atoms with Gasteiger partial charge in [-0.25, -0.2) is 9.13 Å². The van der Waals surface area contributed by atoms with Crippen LogP contribution >= 0.6 is 15.6 Å². The number of esters is 4. The van der Waals surface area contributed by atoms with Crippen molar-refractivity contribution in [1.29, 1.82) is 0 Å². The molecular formula is C73H142O17P2. The van der Waals surface area contributed by atoms with Gasteiger partial charge in [0, 0.05) is 25.7 Å². The van der Waals surface area contributed by atoms with Crippen LogP contribution in [0.3, 0.4) is 0 Å². The van der Waals surface area contributed by atoms with E-state index in [-0.39, 0.29) is 25.7 Å². The van der Waals surface area contributed by atoms with Gasteiger partial charge in [0.05, 0.1) is 26.4 Å². The van der Waals surface area contributed by atoms with Crippen molar-refractivity contribution in [1.82, 2.24) is 0 Å². The van der Waals surface area contributed by atoms with Gasteiger partial charge in [-0.3, -0.25) is 37.3 Å². The summed E-state index contributed by atoms with van der Waals surface area (Å²) in [5, 5.41) is 10.5. The predicted molar refractivity (Wildman–Crippen MR) is 372 cm³/mol. The number of carbonyl (C=O) groups excluding carboxylic acids is 4. The third-order valence-corrected chi connectivity index (χ3v) is 19.3. The lowest BCUT2D eigenvalue weighted by Crippen LogP contribution is -2.30. The lowest BCUT2D eigenvalue weighted by molar-refractivity contribution is -0.161. The van der Waals surface area contributed by atoms with Crippen LogP contribution < -0.4 is 0 Å². The molecule has 17 nitrogen and oxygen atoms in total. The zero-order valence-corrected chi connectivity index (χ0v) is 61.5. The number of rotatable bonds is 73. The van der Waals surface area contributed by atoms with Crippen LogP contribution in [0.4, 0.5) is 0 Å². The topological polar surface area (TPSA) is 237 Å². The molecule has 0 saturated heterocycles. The van der Waals surface area contributed by atoms with E-state index >= 15 is 0 Å². The van der Waals surface area contributed by atoms with Crippen molar-refractivity contribution >= 4 is 39.5 Å². The Balaban J connectivity index is 5.06. The molecule has 0 bridgehead atoms. The van der Waals surface area contributed by atoms with Crippen molar-refractivity contribution in [2.24, 2.45) is 5.92 Å². The molecule has 0 aromatic rings. The first kappa shape index (κ1) is 90.1. The highest BCUT2D eigenvalue weighted by molar-refractivity contribution is 7.47. The van der Waals surface area contributed by atoms with E-state index in [0.717, 1.165) is 115 Å². The van der Waals surface area contributed by atoms with E-state index in [2.05, 4.69) is 34.6 Å². The minimum atomic E-state index is -4.95. The lowest BCUT2D eigenvalue weighted by atomic mass is 9.99. The van der Waals surface area contributed by atoms with E-state index < -0.39 is 97.5 Å². The first-order valence-corrected chi connectivity index (χ1v) is 41.2. The van der Waals surface area contributed by atoms with Gasteiger partial charge in [0.25, 0.3) is 0 Å². The molecule has 0 aromatic heterocycles. The van der Waals surface area contributed by atoms with Crippen molar-refractivity contribution in [3.05, 3.63) is 0 Å². The van der Waals surface area contributed by atoms with Crippen molar-refractivity contribution in [2.75, 3.05) is 39.6 Å². The summed E-state index contributed by atoms with van der Waals surface area (Å²) in [5.41, 5.74) is 0. The standard InChI is InChI=1S/C73H142O17P2/c1-6-10-13-16-18-19-20-21-22-23-24-25-26-27-28-29-34-37-40-44-49-54-59-73(78)90-69(63-84-71(76)57-52-47-43-39-36-33-31-30-32-35-38-42-46-50-55-66(5)9-4)65-88-92(81,82)86-61-67(74)60-85-91(79,80)87-64-68(62-83-70(75)56-51-45-15-12-8-3)89-72(77)58-53-48-41-17-14-11-7-2/h66-69,74H,6-65H2,1-5H3,(H,79,80)(H,81,82)/t66?,67-,68+,69+/m0/s1. The van der Waals surface area contributed by atoms with E-state index in [1.807, 2.05) is 0 Å². The predicted octanol–water partition coefficient (Wildman–Crippen LogP) is 21.3. The van der Waals surface area contributed by atoms with Crippen molar-refractivity contribution < 1.29 is 80.2 Å². The van der Waals surface area contributed by atoms with Crippen LogP contribution in [0, 0.1) is 5.92 Å². The van der Waals surface area contributed by atoms with Crippen LogP contribution in [0.5, 0.6) is 0 Å². The Morgan fingerprint density at radius 3 is 0.772 bits per heavy atom. The van der Waals surface area contributed by atoms with E-state index in [0.29, 0.717) is 25.7 Å². The van der Waals surface area contributed by atoms with Gasteiger partial charge < -0.3 is 33.8 Å². The molecule has 3 N–H and O–H groups in total. The normalized spacial score (nSPS) is 14.3. The largest absolute Gasteiger partial charge is 0.472 e. The molecule has 546 valence electrons. The number of hydrogen-bond acceptors (Lipinski definition) is 15. The van der Waals surface area contributed by atoms with Crippen LogP contribution in [-0.2, 0) is 65.4 Å². The molecular weight excluding hydrogens is 1210 g/mol. The van der Waals surface area contributed by atoms with E-state index in [9.17, 15) is 43.2 Å². The molecule has 0 spiro atoms. The van der Waals surface area contributed by atoms with Gasteiger partial charge >= 0.3 is 39.5 Å². The molecule has 0 fully saturated rings. The summed E-state index contributed by atoms with van der Waals surface area (Å²) >= 11 is 0. The van der Waals surface area contributed by atoms with E-state index in [4.69, 9.17) is 37.0 Å². The maximum Gasteiger partial charge on any atom is 0.472 e. The average Bonchev–Trinajstić information content (AvgIpc) is 1.57. The first-order chi connectivity index (χ1) is 44.6. The van der Waals surface area contributed by atoms with Crippen LogP contribution in [-0.4, -0.2) is 96.7 Å². The van der Waals surface area contributed by atoms with E-state index in [1.54, 1.807) is 0 Å². The maximum absolute atomic E-state index is 13.1. The molecule has 3 unspecified atom stereocenters. The summed E-state index contributed by atoms with van der Waals surface area (Å²) in [6.45, 7) is 7.18. The molecule has 0 aromatic carbocycles. The molecule has 0 saturated carbocycles. The second-order valence-electron chi connectivity index (χ2n) is 26.6. The van der Waals surface area contributed by atoms with Gasteiger partial charge in [-0.2, -0.15) is 0 Å². The van der Waals surface area contributed by atoms with Crippen LogP contribution in [0.1, 0.15) is 381 Å². The lowest BCUT2D eigenvalue weighted by Gasteiger charge is -2.21. The fourth-order valence-corrected chi connectivity index (χ4v) is 12.7. The SMILES string of the molecule is CCCCCCCCCCCCCCCCCCCCCCCCC(=O)O[C@H](COC(=O)CCCCCCCCCCCCCCCCC(C)CC)COP(=O)(O)OC[C@@H](O)COP(=O)(O)OC[C@@H](COC(=O)CCCCCCC)OC(=O)CCCCCCCCC.